The molecule has 0 aliphatic carbocycles. The Morgan fingerprint density at radius 2 is 1.78 bits per heavy atom. The second kappa shape index (κ2) is 10.2. The molecule has 1 atom stereocenters. The van der Waals surface area contributed by atoms with E-state index in [1.807, 2.05) is 34.7 Å². The average Bonchev–Trinajstić information content (AvgIpc) is 2.75. The van der Waals surface area contributed by atoms with E-state index in [-0.39, 0.29) is 11.5 Å². The van der Waals surface area contributed by atoms with Gasteiger partial charge in [-0.15, -0.1) is 0 Å². The summed E-state index contributed by atoms with van der Waals surface area (Å²) in [4.78, 5) is 13.0. The van der Waals surface area contributed by atoms with Crippen molar-refractivity contribution in [3.05, 3.63) is 0 Å². The summed E-state index contributed by atoms with van der Waals surface area (Å²) < 4.78 is 4.88. The molecule has 1 aliphatic heterocycles. The van der Waals surface area contributed by atoms with Crippen LogP contribution < -0.4 is 5.32 Å². The molecule has 0 aromatic carbocycles. The highest BCUT2D eigenvalue weighted by Gasteiger charge is 2.30. The number of rotatable bonds is 3. The SMILES string of the molecule is CC.CC.CNC(CN1CCOC1=O)C(C)(C)C. The number of likely N-dealkylation sites (N-methyl/N-ethyl adjacent to an activating group) is 1. The van der Waals surface area contributed by atoms with Gasteiger partial charge in [-0.3, -0.25) is 0 Å². The number of carbonyl (C=O) groups excluding carboxylic acids is 1. The minimum absolute atomic E-state index is 0.150. The first-order chi connectivity index (χ1) is 8.45. The molecular formula is C14H32N2O2. The highest BCUT2D eigenvalue weighted by atomic mass is 16.6. The van der Waals surface area contributed by atoms with Gasteiger partial charge in [-0.2, -0.15) is 0 Å². The first kappa shape index (κ1) is 19.6. The number of nitrogens with zero attached hydrogens (tertiary/aromatic N) is 1. The summed E-state index contributed by atoms with van der Waals surface area (Å²) in [5.41, 5.74) is 0.150. The van der Waals surface area contributed by atoms with Crippen LogP contribution in [0.4, 0.5) is 4.79 Å². The van der Waals surface area contributed by atoms with Crippen LogP contribution in [0.3, 0.4) is 0 Å². The van der Waals surface area contributed by atoms with Crippen LogP contribution in [0.1, 0.15) is 48.5 Å². The smallest absolute Gasteiger partial charge is 0.409 e. The molecule has 0 aromatic heterocycles. The molecule has 110 valence electrons. The molecule has 0 aromatic rings. The molecular weight excluding hydrogens is 228 g/mol. The summed E-state index contributed by atoms with van der Waals surface area (Å²) in [7, 11) is 1.93. The molecule has 0 saturated carbocycles. The van der Waals surface area contributed by atoms with Gasteiger partial charge in [-0.25, -0.2) is 4.79 Å². The third-order valence-corrected chi connectivity index (χ3v) is 2.64. The van der Waals surface area contributed by atoms with E-state index in [0.29, 0.717) is 19.2 Å². The lowest BCUT2D eigenvalue weighted by atomic mass is 9.86. The first-order valence-corrected chi connectivity index (χ1v) is 7.04. The summed E-state index contributed by atoms with van der Waals surface area (Å²) in [6.45, 7) is 16.5. The molecule has 1 saturated heterocycles. The van der Waals surface area contributed by atoms with Gasteiger partial charge in [0.1, 0.15) is 6.61 Å². The molecule has 1 aliphatic rings. The van der Waals surface area contributed by atoms with E-state index in [0.717, 1.165) is 6.54 Å². The van der Waals surface area contributed by atoms with Crippen molar-refractivity contribution >= 4 is 6.09 Å². The number of hydrogen-bond acceptors (Lipinski definition) is 3. The molecule has 0 radical (unpaired) electrons. The fourth-order valence-electron chi connectivity index (χ4n) is 1.61. The molecule has 1 N–H and O–H groups in total. The molecule has 0 spiro atoms. The van der Waals surface area contributed by atoms with Crippen molar-refractivity contribution in [1.29, 1.82) is 0 Å². The van der Waals surface area contributed by atoms with Crippen LogP contribution in [0.15, 0.2) is 0 Å². The van der Waals surface area contributed by atoms with Crippen molar-refractivity contribution in [1.82, 2.24) is 10.2 Å². The summed E-state index contributed by atoms with van der Waals surface area (Å²) >= 11 is 0. The van der Waals surface area contributed by atoms with E-state index < -0.39 is 0 Å². The molecule has 0 bridgehead atoms. The van der Waals surface area contributed by atoms with Crippen molar-refractivity contribution in [2.75, 3.05) is 26.7 Å². The third kappa shape index (κ3) is 6.84. The van der Waals surface area contributed by atoms with Crippen molar-refractivity contribution in [3.63, 3.8) is 0 Å². The van der Waals surface area contributed by atoms with Crippen molar-refractivity contribution in [3.8, 4) is 0 Å². The molecule has 4 heteroatoms. The van der Waals surface area contributed by atoms with Gasteiger partial charge in [0, 0.05) is 12.6 Å². The van der Waals surface area contributed by atoms with Gasteiger partial charge >= 0.3 is 6.09 Å². The summed E-state index contributed by atoms with van der Waals surface area (Å²) in [6, 6.07) is 0.299. The Labute approximate surface area is 113 Å². The molecule has 1 unspecified atom stereocenters. The van der Waals surface area contributed by atoms with Crippen LogP contribution in [0.2, 0.25) is 0 Å². The van der Waals surface area contributed by atoms with Crippen molar-refractivity contribution in [2.24, 2.45) is 5.41 Å². The Hall–Kier alpha value is -0.770. The van der Waals surface area contributed by atoms with Crippen molar-refractivity contribution in [2.45, 2.75) is 54.5 Å². The van der Waals surface area contributed by atoms with Crippen LogP contribution >= 0.6 is 0 Å². The fraction of sp³-hybridized carbons (Fsp3) is 0.929. The Bertz CT molecular complexity index is 212. The number of hydrogen-bond donors (Lipinski definition) is 1. The Morgan fingerprint density at radius 3 is 2.06 bits per heavy atom. The summed E-state index contributed by atoms with van der Waals surface area (Å²) in [6.07, 6.45) is -0.186. The van der Waals surface area contributed by atoms with E-state index in [9.17, 15) is 4.79 Å². The second-order valence-electron chi connectivity index (χ2n) is 4.77. The van der Waals surface area contributed by atoms with E-state index in [1.165, 1.54) is 0 Å². The van der Waals surface area contributed by atoms with E-state index in [2.05, 4.69) is 26.1 Å². The van der Waals surface area contributed by atoms with Gasteiger partial charge in [0.05, 0.1) is 6.54 Å². The Morgan fingerprint density at radius 1 is 1.28 bits per heavy atom. The van der Waals surface area contributed by atoms with Crippen LogP contribution in [0.5, 0.6) is 0 Å². The quantitative estimate of drug-likeness (QED) is 0.847. The van der Waals surface area contributed by atoms with Gasteiger partial charge in [0.2, 0.25) is 0 Å². The van der Waals surface area contributed by atoms with Gasteiger partial charge < -0.3 is 15.0 Å². The second-order valence-corrected chi connectivity index (χ2v) is 4.77. The highest BCUT2D eigenvalue weighted by molar-refractivity contribution is 5.69. The maximum atomic E-state index is 11.2. The lowest BCUT2D eigenvalue weighted by Crippen LogP contribution is -2.47. The number of cyclic esters (lactones) is 1. The van der Waals surface area contributed by atoms with Gasteiger partial charge in [0.15, 0.2) is 0 Å². The van der Waals surface area contributed by atoms with Crippen LogP contribution in [-0.2, 0) is 4.74 Å². The maximum Gasteiger partial charge on any atom is 0.409 e. The third-order valence-electron chi connectivity index (χ3n) is 2.64. The van der Waals surface area contributed by atoms with Crippen molar-refractivity contribution < 1.29 is 9.53 Å². The number of carbonyl (C=O) groups is 1. The minimum Gasteiger partial charge on any atom is -0.448 e. The first-order valence-electron chi connectivity index (χ1n) is 7.04. The van der Waals surface area contributed by atoms with E-state index in [4.69, 9.17) is 4.74 Å². The molecule has 1 fully saturated rings. The molecule has 1 rings (SSSR count). The van der Waals surface area contributed by atoms with E-state index >= 15 is 0 Å². The van der Waals surface area contributed by atoms with Gasteiger partial charge in [-0.1, -0.05) is 48.5 Å². The predicted octanol–water partition coefficient (Wildman–Crippen LogP) is 3.13. The summed E-state index contributed by atoms with van der Waals surface area (Å²) in [5, 5.41) is 3.24. The molecule has 1 heterocycles. The lowest BCUT2D eigenvalue weighted by molar-refractivity contribution is 0.148. The Balaban J connectivity index is 0. The van der Waals surface area contributed by atoms with Gasteiger partial charge in [0.25, 0.3) is 0 Å². The average molecular weight is 260 g/mol. The molecule has 18 heavy (non-hydrogen) atoms. The van der Waals surface area contributed by atoms with Crippen LogP contribution in [0, 0.1) is 5.41 Å². The van der Waals surface area contributed by atoms with Crippen LogP contribution in [-0.4, -0.2) is 43.8 Å². The summed E-state index contributed by atoms with van der Waals surface area (Å²) in [5.74, 6) is 0. The number of amides is 1. The number of nitrogens with one attached hydrogen (secondary N) is 1. The highest BCUT2D eigenvalue weighted by Crippen LogP contribution is 2.20. The standard InChI is InChI=1S/C10H20N2O2.2C2H6/c1-10(2,3)8(11-4)7-12-5-6-14-9(12)13;2*1-2/h8,11H,5-7H2,1-4H3;2*1-2H3. The zero-order chi connectivity index (χ0) is 14.8. The lowest BCUT2D eigenvalue weighted by Gasteiger charge is -2.32. The maximum absolute atomic E-state index is 11.2. The largest absolute Gasteiger partial charge is 0.448 e. The zero-order valence-corrected chi connectivity index (χ0v) is 13.5. The minimum atomic E-state index is -0.186. The van der Waals surface area contributed by atoms with Crippen LogP contribution in [0.25, 0.3) is 0 Å². The molecule has 4 nitrogen and oxygen atoms in total. The fourth-order valence-corrected chi connectivity index (χ4v) is 1.61. The topological polar surface area (TPSA) is 41.6 Å². The molecule has 1 amide bonds. The van der Waals surface area contributed by atoms with Gasteiger partial charge in [-0.05, 0) is 12.5 Å². The monoisotopic (exact) mass is 260 g/mol. The Kier molecular flexibility index (Phi) is 11.1. The zero-order valence-electron chi connectivity index (χ0n) is 13.5. The number of ether oxygens (including phenoxy) is 1. The predicted molar refractivity (Wildman–Crippen MR) is 77.9 cm³/mol. The normalized spacial score (nSPS) is 16.0. The van der Waals surface area contributed by atoms with E-state index in [1.54, 1.807) is 4.90 Å².